The number of anilines is 2. The second-order valence-electron chi connectivity index (χ2n) is 4.53. The zero-order valence-electron chi connectivity index (χ0n) is 9.51. The third-order valence-corrected chi connectivity index (χ3v) is 3.02. The Labute approximate surface area is 91.3 Å². The van der Waals surface area contributed by atoms with Gasteiger partial charge in [0.2, 0.25) is 0 Å². The van der Waals surface area contributed by atoms with Gasteiger partial charge in [-0.2, -0.15) is 0 Å². The summed E-state index contributed by atoms with van der Waals surface area (Å²) in [6, 6.07) is 2.13. The molecular weight excluding hydrogens is 186 g/mol. The van der Waals surface area contributed by atoms with Crippen LogP contribution in [0.3, 0.4) is 0 Å². The quantitative estimate of drug-likeness (QED) is 0.793. The summed E-state index contributed by atoms with van der Waals surface area (Å²) in [5.74, 6) is 0. The third-order valence-electron chi connectivity index (χ3n) is 3.02. The molecule has 1 saturated carbocycles. The summed E-state index contributed by atoms with van der Waals surface area (Å²) in [4.78, 5) is 4.22. The molecule has 1 heterocycles. The van der Waals surface area contributed by atoms with Crippen LogP contribution in [0.15, 0.2) is 18.5 Å². The SMILES string of the molecule is CCNc1cncc(NC2(C)CCC2)c1. The Morgan fingerprint density at radius 2 is 2.07 bits per heavy atom. The van der Waals surface area contributed by atoms with Crippen molar-refractivity contribution in [2.75, 3.05) is 17.2 Å². The average molecular weight is 205 g/mol. The summed E-state index contributed by atoms with van der Waals surface area (Å²) in [6.07, 6.45) is 7.61. The van der Waals surface area contributed by atoms with Gasteiger partial charge in [0.05, 0.1) is 23.8 Å². The molecule has 1 fully saturated rings. The van der Waals surface area contributed by atoms with Crippen molar-refractivity contribution in [1.82, 2.24) is 4.98 Å². The van der Waals surface area contributed by atoms with Gasteiger partial charge in [-0.3, -0.25) is 4.98 Å². The van der Waals surface area contributed by atoms with Crippen molar-refractivity contribution in [3.05, 3.63) is 18.5 Å². The Bertz CT molecular complexity index is 331. The summed E-state index contributed by atoms with van der Waals surface area (Å²) in [6.45, 7) is 5.30. The lowest BCUT2D eigenvalue weighted by atomic mass is 9.78. The molecule has 0 atom stereocenters. The lowest BCUT2D eigenvalue weighted by Gasteiger charge is -2.40. The molecule has 0 aliphatic heterocycles. The van der Waals surface area contributed by atoms with E-state index in [-0.39, 0.29) is 0 Å². The summed E-state index contributed by atoms with van der Waals surface area (Å²) in [5, 5.41) is 6.82. The van der Waals surface area contributed by atoms with E-state index in [1.807, 2.05) is 12.4 Å². The van der Waals surface area contributed by atoms with Crippen molar-refractivity contribution in [2.45, 2.75) is 38.6 Å². The Morgan fingerprint density at radius 3 is 2.67 bits per heavy atom. The van der Waals surface area contributed by atoms with Gasteiger partial charge < -0.3 is 10.6 Å². The molecular formula is C12H19N3. The van der Waals surface area contributed by atoms with Crippen LogP contribution in [0.5, 0.6) is 0 Å². The number of pyridine rings is 1. The fraction of sp³-hybridized carbons (Fsp3) is 0.583. The number of nitrogens with one attached hydrogen (secondary N) is 2. The van der Waals surface area contributed by atoms with Crippen LogP contribution < -0.4 is 10.6 Å². The smallest absolute Gasteiger partial charge is 0.0551 e. The second kappa shape index (κ2) is 4.09. The molecule has 15 heavy (non-hydrogen) atoms. The number of hydrogen-bond donors (Lipinski definition) is 2. The number of rotatable bonds is 4. The number of nitrogens with zero attached hydrogens (tertiary/aromatic N) is 1. The van der Waals surface area contributed by atoms with Gasteiger partial charge >= 0.3 is 0 Å². The Kier molecular flexibility index (Phi) is 2.80. The van der Waals surface area contributed by atoms with Crippen molar-refractivity contribution in [3.63, 3.8) is 0 Å². The summed E-state index contributed by atoms with van der Waals surface area (Å²) < 4.78 is 0. The molecule has 0 unspecified atom stereocenters. The average Bonchev–Trinajstić information content (AvgIpc) is 2.16. The van der Waals surface area contributed by atoms with E-state index in [0.717, 1.165) is 17.9 Å². The van der Waals surface area contributed by atoms with Gasteiger partial charge in [-0.1, -0.05) is 0 Å². The van der Waals surface area contributed by atoms with Crippen LogP contribution in [0.2, 0.25) is 0 Å². The van der Waals surface area contributed by atoms with Gasteiger partial charge in [0.15, 0.2) is 0 Å². The lowest BCUT2D eigenvalue weighted by Crippen LogP contribution is -2.41. The zero-order valence-corrected chi connectivity index (χ0v) is 9.51. The maximum atomic E-state index is 4.22. The van der Waals surface area contributed by atoms with Gasteiger partial charge in [0.25, 0.3) is 0 Å². The molecule has 0 spiro atoms. The van der Waals surface area contributed by atoms with E-state index in [1.54, 1.807) is 0 Å². The van der Waals surface area contributed by atoms with Crippen molar-refractivity contribution in [3.8, 4) is 0 Å². The van der Waals surface area contributed by atoms with Crippen LogP contribution in [0.1, 0.15) is 33.1 Å². The minimum atomic E-state index is 0.298. The van der Waals surface area contributed by atoms with Crippen LogP contribution in [0, 0.1) is 0 Å². The predicted octanol–water partition coefficient (Wildman–Crippen LogP) is 2.87. The summed E-state index contributed by atoms with van der Waals surface area (Å²) in [7, 11) is 0. The predicted molar refractivity (Wildman–Crippen MR) is 64.3 cm³/mol. The maximum Gasteiger partial charge on any atom is 0.0551 e. The molecule has 1 aliphatic carbocycles. The minimum Gasteiger partial charge on any atom is -0.384 e. The molecule has 0 bridgehead atoms. The first-order valence-electron chi connectivity index (χ1n) is 5.69. The van der Waals surface area contributed by atoms with Crippen LogP contribution in [0.4, 0.5) is 11.4 Å². The van der Waals surface area contributed by atoms with Crippen molar-refractivity contribution < 1.29 is 0 Å². The van der Waals surface area contributed by atoms with Crippen molar-refractivity contribution >= 4 is 11.4 Å². The molecule has 3 nitrogen and oxygen atoms in total. The molecule has 2 rings (SSSR count). The first kappa shape index (κ1) is 10.3. The lowest BCUT2D eigenvalue weighted by molar-refractivity contribution is 0.306. The van der Waals surface area contributed by atoms with Crippen LogP contribution in [-0.2, 0) is 0 Å². The Balaban J connectivity index is 2.04. The molecule has 1 aromatic heterocycles. The standard InChI is InChI=1S/C12H19N3/c1-3-14-10-7-11(9-13-8-10)15-12(2)5-4-6-12/h7-9,14-15H,3-6H2,1-2H3. The van der Waals surface area contributed by atoms with Crippen molar-refractivity contribution in [1.29, 1.82) is 0 Å². The number of hydrogen-bond acceptors (Lipinski definition) is 3. The van der Waals surface area contributed by atoms with Crippen molar-refractivity contribution in [2.24, 2.45) is 0 Å². The second-order valence-corrected chi connectivity index (χ2v) is 4.53. The van der Waals surface area contributed by atoms with E-state index >= 15 is 0 Å². The van der Waals surface area contributed by atoms with Gasteiger partial charge in [0, 0.05) is 12.1 Å². The Morgan fingerprint density at radius 1 is 1.33 bits per heavy atom. The highest BCUT2D eigenvalue weighted by molar-refractivity contribution is 5.55. The molecule has 0 radical (unpaired) electrons. The molecule has 1 aliphatic rings. The normalized spacial score (nSPS) is 18.0. The van der Waals surface area contributed by atoms with Gasteiger partial charge in [0.1, 0.15) is 0 Å². The van der Waals surface area contributed by atoms with E-state index in [9.17, 15) is 0 Å². The molecule has 0 amide bonds. The van der Waals surface area contributed by atoms with Gasteiger partial charge in [-0.15, -0.1) is 0 Å². The largest absolute Gasteiger partial charge is 0.384 e. The maximum absolute atomic E-state index is 4.22. The molecule has 0 aromatic carbocycles. The topological polar surface area (TPSA) is 37.0 Å². The highest BCUT2D eigenvalue weighted by Gasteiger charge is 2.31. The minimum absolute atomic E-state index is 0.298. The zero-order chi connectivity index (χ0) is 10.7. The summed E-state index contributed by atoms with van der Waals surface area (Å²) in [5.41, 5.74) is 2.51. The summed E-state index contributed by atoms with van der Waals surface area (Å²) >= 11 is 0. The van der Waals surface area contributed by atoms with Crippen LogP contribution in [-0.4, -0.2) is 17.1 Å². The van der Waals surface area contributed by atoms with E-state index in [1.165, 1.54) is 19.3 Å². The Hall–Kier alpha value is -1.25. The van der Waals surface area contributed by atoms with Gasteiger partial charge in [-0.05, 0) is 39.2 Å². The van der Waals surface area contributed by atoms with E-state index in [4.69, 9.17) is 0 Å². The molecule has 3 heteroatoms. The highest BCUT2D eigenvalue weighted by atomic mass is 15.0. The van der Waals surface area contributed by atoms with Gasteiger partial charge in [-0.25, -0.2) is 0 Å². The molecule has 0 saturated heterocycles. The highest BCUT2D eigenvalue weighted by Crippen LogP contribution is 2.34. The molecule has 2 N–H and O–H groups in total. The molecule has 82 valence electrons. The first-order valence-corrected chi connectivity index (χ1v) is 5.69. The monoisotopic (exact) mass is 205 g/mol. The molecule has 1 aromatic rings. The number of aromatic nitrogens is 1. The third kappa shape index (κ3) is 2.41. The van der Waals surface area contributed by atoms with Crippen LogP contribution >= 0.6 is 0 Å². The van der Waals surface area contributed by atoms with E-state index in [0.29, 0.717) is 5.54 Å². The fourth-order valence-corrected chi connectivity index (χ4v) is 1.99. The fourth-order valence-electron chi connectivity index (χ4n) is 1.99. The van der Waals surface area contributed by atoms with E-state index in [2.05, 4.69) is 35.5 Å². The van der Waals surface area contributed by atoms with Crippen LogP contribution in [0.25, 0.3) is 0 Å². The first-order chi connectivity index (χ1) is 7.22. The van der Waals surface area contributed by atoms with E-state index < -0.39 is 0 Å².